The van der Waals surface area contributed by atoms with E-state index in [0.717, 1.165) is 24.9 Å². The fourth-order valence-corrected chi connectivity index (χ4v) is 3.02. The number of hydrogen-bond donors (Lipinski definition) is 0. The molecule has 1 fully saturated rings. The average Bonchev–Trinajstić information content (AvgIpc) is 3.39. The minimum atomic E-state index is -0.0155. The molecule has 0 spiro atoms. The Balaban J connectivity index is 1.48. The number of hydrogen-bond acceptors (Lipinski definition) is 9. The maximum absolute atomic E-state index is 5.53. The summed E-state index contributed by atoms with van der Waals surface area (Å²) in [5.41, 5.74) is 0.768. The van der Waals surface area contributed by atoms with Crippen LogP contribution in [0, 0.1) is 0 Å². The third-order valence-corrected chi connectivity index (χ3v) is 4.32. The third-order valence-electron chi connectivity index (χ3n) is 4.32. The van der Waals surface area contributed by atoms with Crippen LogP contribution in [0.3, 0.4) is 0 Å². The summed E-state index contributed by atoms with van der Waals surface area (Å²) in [6.07, 6.45) is 7.08. The van der Waals surface area contributed by atoms with Crippen LogP contribution in [0.2, 0.25) is 0 Å². The van der Waals surface area contributed by atoms with Crippen molar-refractivity contribution in [1.82, 2.24) is 25.1 Å². The van der Waals surface area contributed by atoms with E-state index in [1.165, 1.54) is 0 Å². The van der Waals surface area contributed by atoms with Crippen LogP contribution in [0.15, 0.2) is 41.3 Å². The van der Waals surface area contributed by atoms with Crippen molar-refractivity contribution in [3.8, 4) is 17.3 Å². The van der Waals surface area contributed by atoms with Crippen molar-refractivity contribution in [3.05, 3.63) is 42.7 Å². The molecule has 1 saturated heterocycles. The van der Waals surface area contributed by atoms with Gasteiger partial charge in [0.1, 0.15) is 12.6 Å². The Morgan fingerprint density at radius 3 is 2.85 bits per heavy atom. The minimum Gasteiger partial charge on any atom is -0.475 e. The Kier molecular flexibility index (Phi) is 5.20. The van der Waals surface area contributed by atoms with Crippen LogP contribution in [0.5, 0.6) is 5.88 Å². The smallest absolute Gasteiger partial charge is 0.249 e. The molecule has 0 amide bonds. The van der Waals surface area contributed by atoms with E-state index in [2.05, 4.69) is 30.0 Å². The van der Waals surface area contributed by atoms with E-state index in [0.29, 0.717) is 36.8 Å². The number of aromatic nitrogens is 5. The van der Waals surface area contributed by atoms with Gasteiger partial charge in [0.15, 0.2) is 0 Å². The third kappa shape index (κ3) is 3.87. The molecule has 9 heteroatoms. The molecule has 140 valence electrons. The molecular weight excluding hydrogens is 348 g/mol. The highest BCUT2D eigenvalue weighted by Gasteiger charge is 2.32. The molecule has 9 nitrogen and oxygen atoms in total. The van der Waals surface area contributed by atoms with Crippen LogP contribution in [-0.4, -0.2) is 52.0 Å². The number of pyridine rings is 1. The first-order valence-electron chi connectivity index (χ1n) is 8.80. The van der Waals surface area contributed by atoms with E-state index in [4.69, 9.17) is 14.0 Å². The Morgan fingerprint density at radius 2 is 2.07 bits per heavy atom. The standard InChI is InChI=1S/C18H20N6O3/c1-25-10-11-26-15-6-5-13(12-21-15)16-22-17(27-23-16)14-4-2-9-24(14)18-19-7-3-8-20-18/h3,5-8,12,14H,2,4,9-11H2,1H3/t14-/m1/s1. The van der Waals surface area contributed by atoms with Crippen molar-refractivity contribution in [2.45, 2.75) is 18.9 Å². The van der Waals surface area contributed by atoms with E-state index in [9.17, 15) is 0 Å². The van der Waals surface area contributed by atoms with Crippen molar-refractivity contribution in [2.24, 2.45) is 0 Å². The molecule has 4 rings (SSSR count). The van der Waals surface area contributed by atoms with Gasteiger partial charge in [0, 0.05) is 43.9 Å². The second-order valence-electron chi connectivity index (χ2n) is 6.08. The summed E-state index contributed by atoms with van der Waals surface area (Å²) in [6, 6.07) is 5.42. The molecular formula is C18H20N6O3. The predicted octanol–water partition coefficient (Wildman–Crippen LogP) is 2.29. The fraction of sp³-hybridized carbons (Fsp3) is 0.389. The van der Waals surface area contributed by atoms with E-state index in [1.807, 2.05) is 6.07 Å². The van der Waals surface area contributed by atoms with Gasteiger partial charge in [0.05, 0.1) is 6.61 Å². The van der Waals surface area contributed by atoms with Crippen molar-refractivity contribution >= 4 is 5.95 Å². The number of methoxy groups -OCH3 is 1. The summed E-state index contributed by atoms with van der Waals surface area (Å²) >= 11 is 0. The van der Waals surface area contributed by atoms with Crippen molar-refractivity contribution < 1.29 is 14.0 Å². The van der Waals surface area contributed by atoms with Crippen molar-refractivity contribution in [1.29, 1.82) is 0 Å². The summed E-state index contributed by atoms with van der Waals surface area (Å²) in [7, 11) is 1.63. The van der Waals surface area contributed by atoms with Gasteiger partial charge in [-0.2, -0.15) is 4.98 Å². The number of nitrogens with zero attached hydrogens (tertiary/aromatic N) is 6. The van der Waals surface area contributed by atoms with Crippen LogP contribution >= 0.6 is 0 Å². The first-order chi connectivity index (χ1) is 13.3. The van der Waals surface area contributed by atoms with Gasteiger partial charge in [-0.25, -0.2) is 15.0 Å². The summed E-state index contributed by atoms with van der Waals surface area (Å²) in [5.74, 6) is 2.28. The molecule has 27 heavy (non-hydrogen) atoms. The number of ether oxygens (including phenoxy) is 2. The van der Waals surface area contributed by atoms with Gasteiger partial charge in [0.25, 0.3) is 0 Å². The number of rotatable bonds is 7. The zero-order chi connectivity index (χ0) is 18.5. The van der Waals surface area contributed by atoms with Gasteiger partial charge in [-0.3, -0.25) is 0 Å². The quantitative estimate of drug-likeness (QED) is 0.581. The molecule has 1 aliphatic heterocycles. The molecule has 0 bridgehead atoms. The molecule has 0 N–H and O–H groups in total. The van der Waals surface area contributed by atoms with E-state index in [1.54, 1.807) is 37.8 Å². The maximum atomic E-state index is 5.53. The first-order valence-corrected chi connectivity index (χ1v) is 8.80. The van der Waals surface area contributed by atoms with Crippen LogP contribution in [0.4, 0.5) is 5.95 Å². The van der Waals surface area contributed by atoms with Gasteiger partial charge in [-0.05, 0) is 25.0 Å². The maximum Gasteiger partial charge on any atom is 0.249 e. The van der Waals surface area contributed by atoms with Crippen LogP contribution in [0.25, 0.3) is 11.4 Å². The van der Waals surface area contributed by atoms with Crippen molar-refractivity contribution in [2.75, 3.05) is 31.8 Å². The molecule has 3 aromatic heterocycles. The van der Waals surface area contributed by atoms with E-state index < -0.39 is 0 Å². The summed E-state index contributed by atoms with van der Waals surface area (Å²) in [4.78, 5) is 19.6. The lowest BCUT2D eigenvalue weighted by Crippen LogP contribution is -2.24. The fourth-order valence-electron chi connectivity index (χ4n) is 3.02. The lowest BCUT2D eigenvalue weighted by Gasteiger charge is -2.21. The zero-order valence-corrected chi connectivity index (χ0v) is 15.0. The highest BCUT2D eigenvalue weighted by Crippen LogP contribution is 2.34. The highest BCUT2D eigenvalue weighted by molar-refractivity contribution is 5.53. The second kappa shape index (κ2) is 8.09. The van der Waals surface area contributed by atoms with Crippen LogP contribution in [-0.2, 0) is 4.74 Å². The minimum absolute atomic E-state index is 0.0155. The molecule has 3 aromatic rings. The SMILES string of the molecule is COCCOc1ccc(-c2noc([C@H]3CCCN3c3ncccn3)n2)cn1. The van der Waals surface area contributed by atoms with E-state index in [-0.39, 0.29) is 6.04 Å². The Morgan fingerprint density at radius 1 is 1.19 bits per heavy atom. The normalized spacial score (nSPS) is 16.6. The zero-order valence-electron chi connectivity index (χ0n) is 15.0. The lowest BCUT2D eigenvalue weighted by molar-refractivity contribution is 0.144. The Hall–Kier alpha value is -3.07. The van der Waals surface area contributed by atoms with E-state index >= 15 is 0 Å². The summed E-state index contributed by atoms with van der Waals surface area (Å²) < 4.78 is 15.9. The highest BCUT2D eigenvalue weighted by atomic mass is 16.5. The lowest BCUT2D eigenvalue weighted by atomic mass is 10.2. The van der Waals surface area contributed by atoms with Gasteiger partial charge < -0.3 is 18.9 Å². The van der Waals surface area contributed by atoms with Gasteiger partial charge >= 0.3 is 0 Å². The Bertz CT molecular complexity index is 855. The second-order valence-corrected chi connectivity index (χ2v) is 6.08. The van der Waals surface area contributed by atoms with Crippen molar-refractivity contribution in [3.63, 3.8) is 0 Å². The molecule has 1 aliphatic rings. The average molecular weight is 368 g/mol. The molecule has 0 radical (unpaired) electrons. The molecule has 0 saturated carbocycles. The Labute approximate surface area is 156 Å². The molecule has 0 unspecified atom stereocenters. The molecule has 1 atom stereocenters. The summed E-state index contributed by atoms with van der Waals surface area (Å²) in [5, 5.41) is 4.11. The number of anilines is 1. The van der Waals surface area contributed by atoms with Crippen LogP contribution < -0.4 is 9.64 Å². The van der Waals surface area contributed by atoms with Gasteiger partial charge in [0.2, 0.25) is 23.5 Å². The largest absolute Gasteiger partial charge is 0.475 e. The van der Waals surface area contributed by atoms with Crippen LogP contribution in [0.1, 0.15) is 24.8 Å². The monoisotopic (exact) mass is 368 g/mol. The summed E-state index contributed by atoms with van der Waals surface area (Å²) in [6.45, 7) is 1.83. The van der Waals surface area contributed by atoms with Gasteiger partial charge in [-0.15, -0.1) is 0 Å². The topological polar surface area (TPSA) is 99.3 Å². The van der Waals surface area contributed by atoms with Gasteiger partial charge in [-0.1, -0.05) is 5.16 Å². The molecule has 4 heterocycles. The molecule has 0 aromatic carbocycles. The predicted molar refractivity (Wildman–Crippen MR) is 96.3 cm³/mol. The molecule has 0 aliphatic carbocycles. The first kappa shape index (κ1) is 17.3.